The Morgan fingerprint density at radius 2 is 2.00 bits per heavy atom. The predicted octanol–water partition coefficient (Wildman–Crippen LogP) is 2.53. The highest BCUT2D eigenvalue weighted by atomic mass is 16.6. The van der Waals surface area contributed by atoms with Crippen molar-refractivity contribution < 1.29 is 9.53 Å². The minimum absolute atomic E-state index is 0.148. The Balaban J connectivity index is 1.87. The summed E-state index contributed by atoms with van der Waals surface area (Å²) in [5, 5.41) is 3.52. The van der Waals surface area contributed by atoms with E-state index in [-0.39, 0.29) is 6.09 Å². The molecule has 1 atom stereocenters. The van der Waals surface area contributed by atoms with Gasteiger partial charge in [-0.3, -0.25) is 0 Å². The number of nitrogens with zero attached hydrogens (tertiary/aromatic N) is 1. The maximum atomic E-state index is 12.2. The highest BCUT2D eigenvalue weighted by Crippen LogP contribution is 2.22. The van der Waals surface area contributed by atoms with E-state index in [1.54, 1.807) is 0 Å². The largest absolute Gasteiger partial charge is 0.444 e. The molecule has 4 nitrogen and oxygen atoms in total. The molecule has 0 aromatic rings. The van der Waals surface area contributed by atoms with Gasteiger partial charge in [0.25, 0.3) is 0 Å². The van der Waals surface area contributed by atoms with E-state index in [0.717, 1.165) is 25.9 Å². The number of amides is 1. The van der Waals surface area contributed by atoms with Crippen molar-refractivity contribution in [3.8, 4) is 0 Å². The highest BCUT2D eigenvalue weighted by molar-refractivity contribution is 5.68. The van der Waals surface area contributed by atoms with Crippen molar-refractivity contribution in [3.05, 3.63) is 0 Å². The molecule has 104 valence electrons. The molecule has 18 heavy (non-hydrogen) atoms. The van der Waals surface area contributed by atoms with E-state index in [0.29, 0.717) is 12.1 Å². The van der Waals surface area contributed by atoms with Gasteiger partial charge in [0.1, 0.15) is 5.60 Å². The maximum Gasteiger partial charge on any atom is 0.410 e. The molecule has 0 radical (unpaired) electrons. The molecular formula is C14H26N2O2. The number of carbonyl (C=O) groups excluding carboxylic acids is 1. The molecule has 1 aliphatic heterocycles. The van der Waals surface area contributed by atoms with Gasteiger partial charge in [-0.25, -0.2) is 4.79 Å². The zero-order chi connectivity index (χ0) is 13.2. The number of likely N-dealkylation sites (tertiary alicyclic amines) is 1. The Morgan fingerprint density at radius 1 is 1.28 bits per heavy atom. The first-order valence-electron chi connectivity index (χ1n) is 7.19. The molecule has 0 bridgehead atoms. The Labute approximate surface area is 110 Å². The summed E-state index contributed by atoms with van der Waals surface area (Å²) in [6.07, 6.45) is 5.84. The molecule has 1 N–H and O–H groups in total. The average Bonchev–Trinajstić information content (AvgIpc) is 3.08. The second-order valence-electron chi connectivity index (χ2n) is 6.51. The van der Waals surface area contributed by atoms with Gasteiger partial charge in [-0.1, -0.05) is 0 Å². The highest BCUT2D eigenvalue weighted by Gasteiger charge is 2.31. The summed E-state index contributed by atoms with van der Waals surface area (Å²) in [5.41, 5.74) is -0.400. The molecule has 2 aliphatic rings. The third-order valence-corrected chi connectivity index (χ3v) is 3.47. The van der Waals surface area contributed by atoms with Crippen molar-refractivity contribution in [2.24, 2.45) is 0 Å². The van der Waals surface area contributed by atoms with Crippen LogP contribution in [0.1, 0.15) is 52.9 Å². The minimum atomic E-state index is -0.400. The van der Waals surface area contributed by atoms with Crippen LogP contribution in [0.15, 0.2) is 0 Å². The lowest BCUT2D eigenvalue weighted by atomic mass is 10.0. The molecule has 1 saturated heterocycles. The summed E-state index contributed by atoms with van der Waals surface area (Å²) in [6.45, 7) is 7.53. The predicted molar refractivity (Wildman–Crippen MR) is 71.6 cm³/mol. The zero-order valence-corrected chi connectivity index (χ0v) is 11.9. The first kappa shape index (κ1) is 13.7. The zero-order valence-electron chi connectivity index (χ0n) is 11.9. The normalized spacial score (nSPS) is 25.1. The Hall–Kier alpha value is -0.770. The molecule has 4 heteroatoms. The molecule has 1 aliphatic carbocycles. The van der Waals surface area contributed by atoms with Crippen LogP contribution in [-0.2, 0) is 4.74 Å². The summed E-state index contributed by atoms with van der Waals surface area (Å²) < 4.78 is 5.49. The molecule has 1 amide bonds. The molecule has 1 heterocycles. The molecule has 2 fully saturated rings. The van der Waals surface area contributed by atoms with E-state index in [1.165, 1.54) is 19.3 Å². The van der Waals surface area contributed by atoms with E-state index in [1.807, 2.05) is 25.7 Å². The summed E-state index contributed by atoms with van der Waals surface area (Å²) >= 11 is 0. The van der Waals surface area contributed by atoms with E-state index in [2.05, 4.69) is 5.32 Å². The summed E-state index contributed by atoms with van der Waals surface area (Å²) in [4.78, 5) is 14.1. The topological polar surface area (TPSA) is 41.6 Å². The van der Waals surface area contributed by atoms with Gasteiger partial charge in [-0.2, -0.15) is 0 Å². The van der Waals surface area contributed by atoms with Crippen molar-refractivity contribution in [3.63, 3.8) is 0 Å². The number of hydrogen-bond donors (Lipinski definition) is 1. The van der Waals surface area contributed by atoms with Crippen LogP contribution < -0.4 is 5.32 Å². The van der Waals surface area contributed by atoms with Gasteiger partial charge >= 0.3 is 6.09 Å². The minimum Gasteiger partial charge on any atom is -0.444 e. The van der Waals surface area contributed by atoms with Crippen LogP contribution >= 0.6 is 0 Å². The monoisotopic (exact) mass is 254 g/mol. The number of piperidine rings is 1. The van der Waals surface area contributed by atoms with Crippen LogP contribution in [0.4, 0.5) is 4.79 Å². The Kier molecular flexibility index (Phi) is 4.15. The molecule has 0 unspecified atom stereocenters. The fraction of sp³-hybridized carbons (Fsp3) is 0.929. The Bertz CT molecular complexity index is 295. The van der Waals surface area contributed by atoms with E-state index >= 15 is 0 Å². The van der Waals surface area contributed by atoms with Crippen LogP contribution in [0, 0.1) is 0 Å². The number of rotatable bonds is 3. The van der Waals surface area contributed by atoms with Crippen LogP contribution in [-0.4, -0.2) is 41.8 Å². The van der Waals surface area contributed by atoms with Gasteiger partial charge in [-0.15, -0.1) is 0 Å². The molecule has 0 aromatic heterocycles. The molecular weight excluding hydrogens is 228 g/mol. The van der Waals surface area contributed by atoms with E-state index < -0.39 is 5.60 Å². The van der Waals surface area contributed by atoms with Crippen molar-refractivity contribution in [2.45, 2.75) is 70.6 Å². The van der Waals surface area contributed by atoms with Gasteiger partial charge < -0.3 is 15.0 Å². The number of ether oxygens (including phenoxy) is 1. The lowest BCUT2D eigenvalue weighted by molar-refractivity contribution is 0.00992. The number of nitrogens with one attached hydrogen (secondary N) is 1. The second kappa shape index (κ2) is 5.47. The summed E-state index contributed by atoms with van der Waals surface area (Å²) in [6, 6.07) is 1.02. The van der Waals surface area contributed by atoms with Gasteiger partial charge in [0, 0.05) is 25.2 Å². The maximum absolute atomic E-state index is 12.2. The SMILES string of the molecule is CC(C)(C)OC(=O)N1CCCC[C@@H]1CNC1CC1. The van der Waals surface area contributed by atoms with Crippen molar-refractivity contribution >= 4 is 6.09 Å². The quantitative estimate of drug-likeness (QED) is 0.841. The summed E-state index contributed by atoms with van der Waals surface area (Å²) in [7, 11) is 0. The molecule has 1 saturated carbocycles. The number of hydrogen-bond acceptors (Lipinski definition) is 3. The Morgan fingerprint density at radius 3 is 2.61 bits per heavy atom. The fourth-order valence-corrected chi connectivity index (χ4v) is 2.36. The first-order chi connectivity index (χ1) is 8.46. The third-order valence-electron chi connectivity index (χ3n) is 3.47. The van der Waals surface area contributed by atoms with Gasteiger partial charge in [0.05, 0.1) is 0 Å². The molecule has 0 spiro atoms. The van der Waals surface area contributed by atoms with Crippen LogP contribution in [0.2, 0.25) is 0 Å². The van der Waals surface area contributed by atoms with Crippen molar-refractivity contribution in [1.82, 2.24) is 10.2 Å². The van der Waals surface area contributed by atoms with Gasteiger partial charge in [-0.05, 0) is 52.9 Å². The van der Waals surface area contributed by atoms with Crippen LogP contribution in [0.3, 0.4) is 0 Å². The van der Waals surface area contributed by atoms with E-state index in [4.69, 9.17) is 4.74 Å². The smallest absolute Gasteiger partial charge is 0.410 e. The third kappa shape index (κ3) is 4.16. The van der Waals surface area contributed by atoms with E-state index in [9.17, 15) is 4.79 Å². The molecule has 0 aromatic carbocycles. The molecule has 2 rings (SSSR count). The van der Waals surface area contributed by atoms with Gasteiger partial charge in [0.15, 0.2) is 0 Å². The summed E-state index contributed by atoms with van der Waals surface area (Å²) in [5.74, 6) is 0. The van der Waals surface area contributed by atoms with Crippen LogP contribution in [0.5, 0.6) is 0 Å². The van der Waals surface area contributed by atoms with Crippen molar-refractivity contribution in [1.29, 1.82) is 0 Å². The van der Waals surface area contributed by atoms with Crippen molar-refractivity contribution in [2.75, 3.05) is 13.1 Å². The standard InChI is InChI=1S/C14H26N2O2/c1-14(2,3)18-13(17)16-9-5-4-6-12(16)10-15-11-7-8-11/h11-12,15H,4-10H2,1-3H3/t12-/m1/s1. The van der Waals surface area contributed by atoms with Gasteiger partial charge in [0.2, 0.25) is 0 Å². The average molecular weight is 254 g/mol. The second-order valence-corrected chi connectivity index (χ2v) is 6.51. The fourth-order valence-electron chi connectivity index (χ4n) is 2.36. The van der Waals surface area contributed by atoms with Crippen LogP contribution in [0.25, 0.3) is 0 Å². The number of carbonyl (C=O) groups is 1. The first-order valence-corrected chi connectivity index (χ1v) is 7.19. The lowest BCUT2D eigenvalue weighted by Crippen LogP contribution is -2.50. The lowest BCUT2D eigenvalue weighted by Gasteiger charge is -2.37.